The number of carbonyl (C=O) groups is 2. The minimum atomic E-state index is -0.996. The highest BCUT2D eigenvalue weighted by Crippen LogP contribution is 2.72. The zero-order chi connectivity index (χ0) is 21.0. The molecule has 0 aromatic heterocycles. The van der Waals surface area contributed by atoms with Crippen molar-refractivity contribution in [1.82, 2.24) is 0 Å². The lowest BCUT2D eigenvalue weighted by molar-refractivity contribution is -0.204. The van der Waals surface area contributed by atoms with Gasteiger partial charge < -0.3 is 14.9 Å². The number of hydrogen-bond acceptors (Lipinski definition) is 4. The van der Waals surface area contributed by atoms with Crippen LogP contribution in [0.1, 0.15) is 78.1 Å². The second-order valence-electron chi connectivity index (χ2n) is 10.9. The molecule has 0 heterocycles. The number of carboxylic acids is 1. The zero-order valence-electron chi connectivity index (χ0n) is 17.9. The Labute approximate surface area is 173 Å². The lowest BCUT2D eigenvalue weighted by atomic mass is 9.40. The summed E-state index contributed by atoms with van der Waals surface area (Å²) in [7, 11) is 0. The number of rotatable bonds is 5. The van der Waals surface area contributed by atoms with Crippen LogP contribution in [0, 0.1) is 34.0 Å². The lowest BCUT2D eigenvalue weighted by Gasteiger charge is -2.65. The molecule has 0 radical (unpaired) electrons. The molecule has 0 aromatic rings. The third-order valence-electron chi connectivity index (χ3n) is 9.48. The van der Waals surface area contributed by atoms with Crippen LogP contribution in [-0.4, -0.2) is 34.9 Å². The van der Waals surface area contributed by atoms with Crippen molar-refractivity contribution < 1.29 is 24.5 Å². The first-order valence-corrected chi connectivity index (χ1v) is 11.3. The fraction of sp³-hybridized carbons (Fsp3) is 0.833. The zero-order valence-corrected chi connectivity index (χ0v) is 17.9. The quantitative estimate of drug-likeness (QED) is 0.526. The number of aliphatic hydroxyl groups excluding tert-OH is 1. The van der Waals surface area contributed by atoms with Gasteiger partial charge in [-0.05, 0) is 80.0 Å². The van der Waals surface area contributed by atoms with Crippen LogP contribution in [-0.2, 0) is 14.3 Å². The Morgan fingerprint density at radius 3 is 2.59 bits per heavy atom. The second-order valence-corrected chi connectivity index (χ2v) is 10.9. The minimum absolute atomic E-state index is 0.112. The van der Waals surface area contributed by atoms with Crippen molar-refractivity contribution >= 4 is 11.9 Å². The summed E-state index contributed by atoms with van der Waals surface area (Å²) in [5, 5.41) is 19.8. The van der Waals surface area contributed by atoms with Crippen LogP contribution in [0.25, 0.3) is 0 Å². The van der Waals surface area contributed by atoms with Crippen molar-refractivity contribution in [1.29, 1.82) is 0 Å². The molecule has 0 saturated heterocycles. The van der Waals surface area contributed by atoms with Gasteiger partial charge in [0.2, 0.25) is 0 Å². The summed E-state index contributed by atoms with van der Waals surface area (Å²) in [5.74, 6) is 0.200. The van der Waals surface area contributed by atoms with E-state index >= 15 is 0 Å². The summed E-state index contributed by atoms with van der Waals surface area (Å²) >= 11 is 0. The molecular formula is C24H36O5. The molecule has 0 unspecified atom stereocenters. The highest BCUT2D eigenvalue weighted by Gasteiger charge is 2.65. The van der Waals surface area contributed by atoms with Crippen molar-refractivity contribution in [2.75, 3.05) is 6.61 Å². The van der Waals surface area contributed by atoms with Gasteiger partial charge in [-0.2, -0.15) is 0 Å². The van der Waals surface area contributed by atoms with Gasteiger partial charge in [0.15, 0.2) is 0 Å². The molecule has 162 valence electrons. The van der Waals surface area contributed by atoms with E-state index in [1.165, 1.54) is 37.7 Å². The van der Waals surface area contributed by atoms with Crippen LogP contribution in [0.3, 0.4) is 0 Å². The largest absolute Gasteiger partial charge is 0.481 e. The average Bonchev–Trinajstić information content (AvgIpc) is 2.90. The molecule has 0 amide bonds. The fourth-order valence-electron chi connectivity index (χ4n) is 8.10. The molecule has 5 nitrogen and oxygen atoms in total. The fourth-order valence-corrected chi connectivity index (χ4v) is 8.10. The summed E-state index contributed by atoms with van der Waals surface area (Å²) in [6, 6.07) is 0. The highest BCUT2D eigenvalue weighted by atomic mass is 16.5. The third kappa shape index (κ3) is 3.24. The maximum Gasteiger partial charge on any atom is 0.306 e. The van der Waals surface area contributed by atoms with E-state index < -0.39 is 23.5 Å². The summed E-state index contributed by atoms with van der Waals surface area (Å²) in [5.41, 5.74) is 1.53. The summed E-state index contributed by atoms with van der Waals surface area (Å²) in [6.07, 6.45) is 8.17. The first-order chi connectivity index (χ1) is 13.6. The molecule has 0 aliphatic heterocycles. The van der Waals surface area contributed by atoms with Crippen molar-refractivity contribution in [2.45, 2.75) is 84.2 Å². The summed E-state index contributed by atoms with van der Waals surface area (Å²) in [4.78, 5) is 22.8. The van der Waals surface area contributed by atoms with E-state index in [0.29, 0.717) is 23.2 Å². The highest BCUT2D eigenvalue weighted by molar-refractivity contribution is 5.76. The average molecular weight is 405 g/mol. The standard InChI is InChI=1S/C24H36O5/c1-15-12-24-11-8-17-22(2,18(24)5-4-16(15)13-24)10-9-19(25)23(17,3)14-29-21(28)7-6-20(26)27/h16-19,25H,1,4-14H2,2-3H3,(H,26,27)/t16-,17+,18+,19+,22+,23-,24-/m0/s1. The van der Waals surface area contributed by atoms with E-state index in [0.717, 1.165) is 19.3 Å². The van der Waals surface area contributed by atoms with Gasteiger partial charge in [-0.15, -0.1) is 0 Å². The SMILES string of the molecule is C=C1C[C@]23CC[C@H]4[C@](C)(COC(=O)CCC(=O)O)[C@H](O)CC[C@@]4(C)[C@H]2CC[C@H]1C3. The van der Waals surface area contributed by atoms with E-state index in [-0.39, 0.29) is 24.9 Å². The molecule has 29 heavy (non-hydrogen) atoms. The van der Waals surface area contributed by atoms with Gasteiger partial charge in [0.05, 0.1) is 25.6 Å². The molecule has 4 saturated carbocycles. The second kappa shape index (κ2) is 7.11. The van der Waals surface area contributed by atoms with Crippen LogP contribution in [0.2, 0.25) is 0 Å². The summed E-state index contributed by atoms with van der Waals surface area (Å²) in [6.45, 7) is 9.09. The predicted molar refractivity (Wildman–Crippen MR) is 109 cm³/mol. The smallest absolute Gasteiger partial charge is 0.306 e. The van der Waals surface area contributed by atoms with Gasteiger partial charge in [-0.25, -0.2) is 0 Å². The molecule has 4 aliphatic rings. The van der Waals surface area contributed by atoms with Crippen LogP contribution < -0.4 is 0 Å². The first kappa shape index (κ1) is 20.9. The lowest BCUT2D eigenvalue weighted by Crippen LogP contribution is -2.61. The molecule has 2 bridgehead atoms. The maximum atomic E-state index is 12.1. The number of aliphatic carboxylic acids is 1. The van der Waals surface area contributed by atoms with Gasteiger partial charge in [0.1, 0.15) is 0 Å². The Morgan fingerprint density at radius 1 is 1.10 bits per heavy atom. The molecule has 7 atom stereocenters. The van der Waals surface area contributed by atoms with Crippen LogP contribution in [0.5, 0.6) is 0 Å². The number of hydrogen-bond donors (Lipinski definition) is 2. The number of carboxylic acid groups (broad SMARTS) is 1. The van der Waals surface area contributed by atoms with E-state index in [1.807, 2.05) is 0 Å². The first-order valence-electron chi connectivity index (χ1n) is 11.3. The van der Waals surface area contributed by atoms with Gasteiger partial charge in [-0.1, -0.05) is 26.0 Å². The van der Waals surface area contributed by atoms with E-state index in [2.05, 4.69) is 20.4 Å². The molecule has 4 aliphatic carbocycles. The van der Waals surface area contributed by atoms with Crippen molar-refractivity contribution in [2.24, 2.45) is 34.0 Å². The van der Waals surface area contributed by atoms with Crippen molar-refractivity contribution in [3.8, 4) is 0 Å². The molecule has 2 N–H and O–H groups in total. The molecule has 4 fully saturated rings. The topological polar surface area (TPSA) is 83.8 Å². The van der Waals surface area contributed by atoms with Crippen molar-refractivity contribution in [3.05, 3.63) is 12.2 Å². The van der Waals surface area contributed by atoms with Gasteiger partial charge in [0.25, 0.3) is 0 Å². The third-order valence-corrected chi connectivity index (χ3v) is 9.48. The number of aliphatic hydroxyl groups is 1. The number of fused-ring (bicyclic) bond motifs is 3. The Bertz CT molecular complexity index is 716. The monoisotopic (exact) mass is 404 g/mol. The normalized spacial score (nSPS) is 46.0. The summed E-state index contributed by atoms with van der Waals surface area (Å²) < 4.78 is 5.54. The Hall–Kier alpha value is -1.36. The van der Waals surface area contributed by atoms with E-state index in [1.54, 1.807) is 0 Å². The van der Waals surface area contributed by atoms with Crippen LogP contribution in [0.4, 0.5) is 0 Å². The number of allylic oxidation sites excluding steroid dienone is 1. The minimum Gasteiger partial charge on any atom is -0.481 e. The predicted octanol–water partition coefficient (Wildman–Crippen LogP) is 4.33. The number of carbonyl (C=O) groups excluding carboxylic acids is 1. The Balaban J connectivity index is 1.54. The van der Waals surface area contributed by atoms with Crippen LogP contribution >= 0.6 is 0 Å². The van der Waals surface area contributed by atoms with Gasteiger partial charge in [0, 0.05) is 5.41 Å². The Morgan fingerprint density at radius 2 is 1.86 bits per heavy atom. The molecule has 5 heteroatoms. The van der Waals surface area contributed by atoms with Crippen LogP contribution in [0.15, 0.2) is 12.2 Å². The maximum absolute atomic E-state index is 12.1. The Kier molecular flexibility index (Phi) is 5.12. The van der Waals surface area contributed by atoms with Gasteiger partial charge >= 0.3 is 11.9 Å². The van der Waals surface area contributed by atoms with E-state index in [4.69, 9.17) is 9.84 Å². The number of ether oxygens (including phenoxy) is 1. The molecule has 1 spiro atoms. The molecule has 0 aromatic carbocycles. The number of esters is 1. The van der Waals surface area contributed by atoms with Crippen molar-refractivity contribution in [3.63, 3.8) is 0 Å². The molecule has 4 rings (SSSR count). The van der Waals surface area contributed by atoms with E-state index in [9.17, 15) is 14.7 Å². The molecular weight excluding hydrogens is 368 g/mol. The van der Waals surface area contributed by atoms with Gasteiger partial charge in [-0.3, -0.25) is 9.59 Å².